The molecule has 1 aromatic heterocycles. The van der Waals surface area contributed by atoms with Gasteiger partial charge >= 0.3 is 0 Å². The number of aromatic nitrogens is 1. The third-order valence-corrected chi connectivity index (χ3v) is 6.53. The van der Waals surface area contributed by atoms with Gasteiger partial charge in [-0.05, 0) is 49.2 Å². The SMILES string of the molecule is CCN1CCN(C(=O)c2cc3cc(NC(=O)CC(C)C)ccc3n2Cc2cccc(C)c2)CC1. The average molecular weight is 461 g/mol. The summed E-state index contributed by atoms with van der Waals surface area (Å²) in [4.78, 5) is 30.3. The Morgan fingerprint density at radius 1 is 1.00 bits per heavy atom. The lowest BCUT2D eigenvalue weighted by molar-refractivity contribution is -0.116. The van der Waals surface area contributed by atoms with Gasteiger partial charge in [-0.1, -0.05) is 50.6 Å². The van der Waals surface area contributed by atoms with Crippen molar-refractivity contribution in [3.8, 4) is 0 Å². The molecule has 180 valence electrons. The van der Waals surface area contributed by atoms with Crippen molar-refractivity contribution in [1.29, 1.82) is 0 Å². The Balaban J connectivity index is 1.68. The number of fused-ring (bicyclic) bond motifs is 1. The Hall–Kier alpha value is -3.12. The minimum atomic E-state index is 0.0126. The number of anilines is 1. The molecule has 0 saturated carbocycles. The van der Waals surface area contributed by atoms with Crippen LogP contribution in [-0.2, 0) is 11.3 Å². The molecule has 2 aromatic carbocycles. The molecule has 0 unspecified atom stereocenters. The molecule has 2 amide bonds. The van der Waals surface area contributed by atoms with Gasteiger partial charge in [0.05, 0.1) is 0 Å². The molecular formula is C28H36N4O2. The van der Waals surface area contributed by atoms with Crippen molar-refractivity contribution in [1.82, 2.24) is 14.4 Å². The fourth-order valence-corrected chi connectivity index (χ4v) is 4.70. The van der Waals surface area contributed by atoms with Crippen molar-refractivity contribution in [2.24, 2.45) is 5.92 Å². The van der Waals surface area contributed by atoms with Crippen LogP contribution >= 0.6 is 0 Å². The van der Waals surface area contributed by atoms with Gasteiger partial charge in [0.15, 0.2) is 0 Å². The van der Waals surface area contributed by atoms with E-state index in [0.29, 0.717) is 24.6 Å². The molecule has 3 aromatic rings. The third kappa shape index (κ3) is 5.50. The molecule has 0 spiro atoms. The summed E-state index contributed by atoms with van der Waals surface area (Å²) in [7, 11) is 0. The molecular weight excluding hydrogens is 424 g/mol. The van der Waals surface area contributed by atoms with Gasteiger partial charge in [-0.25, -0.2) is 0 Å². The molecule has 4 rings (SSSR count). The Labute approximate surface area is 202 Å². The molecule has 1 aliphatic rings. The summed E-state index contributed by atoms with van der Waals surface area (Å²) in [6.45, 7) is 13.3. The highest BCUT2D eigenvalue weighted by Gasteiger charge is 2.25. The van der Waals surface area contributed by atoms with Crippen LogP contribution in [0.1, 0.15) is 48.8 Å². The maximum absolute atomic E-state index is 13.6. The van der Waals surface area contributed by atoms with Gasteiger partial charge in [-0.15, -0.1) is 0 Å². The molecule has 6 nitrogen and oxygen atoms in total. The smallest absolute Gasteiger partial charge is 0.270 e. The lowest BCUT2D eigenvalue weighted by Gasteiger charge is -2.34. The van der Waals surface area contributed by atoms with E-state index in [1.165, 1.54) is 5.56 Å². The zero-order valence-electron chi connectivity index (χ0n) is 20.8. The summed E-state index contributed by atoms with van der Waals surface area (Å²) in [5.74, 6) is 0.389. The second-order valence-electron chi connectivity index (χ2n) is 9.75. The summed E-state index contributed by atoms with van der Waals surface area (Å²) in [5, 5.41) is 3.97. The van der Waals surface area contributed by atoms with E-state index in [1.54, 1.807) is 0 Å². The number of carbonyl (C=O) groups is 2. The predicted octanol–water partition coefficient (Wildman–Crippen LogP) is 4.76. The monoisotopic (exact) mass is 460 g/mol. The van der Waals surface area contributed by atoms with Gasteiger partial charge in [0.1, 0.15) is 5.69 Å². The van der Waals surface area contributed by atoms with Crippen LogP contribution in [0.5, 0.6) is 0 Å². The van der Waals surface area contributed by atoms with Crippen molar-refractivity contribution in [2.45, 2.75) is 40.7 Å². The van der Waals surface area contributed by atoms with Crippen molar-refractivity contribution in [3.63, 3.8) is 0 Å². The number of benzene rings is 2. The van der Waals surface area contributed by atoms with Gasteiger partial charge in [0.25, 0.3) is 5.91 Å². The molecule has 0 bridgehead atoms. The molecule has 0 radical (unpaired) electrons. The van der Waals surface area contributed by atoms with Gasteiger partial charge in [-0.2, -0.15) is 0 Å². The first-order valence-electron chi connectivity index (χ1n) is 12.3. The Morgan fingerprint density at radius 2 is 1.76 bits per heavy atom. The molecule has 1 aliphatic heterocycles. The number of aryl methyl sites for hydroxylation is 1. The summed E-state index contributed by atoms with van der Waals surface area (Å²) in [6.07, 6.45) is 0.486. The number of amides is 2. The quantitative estimate of drug-likeness (QED) is 0.553. The highest BCUT2D eigenvalue weighted by molar-refractivity contribution is 6.00. The molecule has 34 heavy (non-hydrogen) atoms. The highest BCUT2D eigenvalue weighted by atomic mass is 16.2. The van der Waals surface area contributed by atoms with Crippen LogP contribution in [-0.4, -0.2) is 58.9 Å². The summed E-state index contributed by atoms with van der Waals surface area (Å²) >= 11 is 0. The van der Waals surface area contributed by atoms with Crippen LogP contribution in [0.4, 0.5) is 5.69 Å². The number of piperazine rings is 1. The zero-order valence-corrected chi connectivity index (χ0v) is 20.8. The minimum absolute atomic E-state index is 0.0126. The largest absolute Gasteiger partial charge is 0.335 e. The topological polar surface area (TPSA) is 57.6 Å². The van der Waals surface area contributed by atoms with E-state index in [9.17, 15) is 9.59 Å². The normalized spacial score (nSPS) is 14.7. The maximum atomic E-state index is 13.6. The van der Waals surface area contributed by atoms with Gasteiger partial charge in [0, 0.05) is 55.7 Å². The number of nitrogens with zero attached hydrogens (tertiary/aromatic N) is 3. The van der Waals surface area contributed by atoms with E-state index in [2.05, 4.69) is 52.9 Å². The third-order valence-electron chi connectivity index (χ3n) is 6.53. The molecule has 1 saturated heterocycles. The van der Waals surface area contributed by atoms with E-state index < -0.39 is 0 Å². The fourth-order valence-electron chi connectivity index (χ4n) is 4.70. The van der Waals surface area contributed by atoms with Gasteiger partial charge in [-0.3, -0.25) is 9.59 Å². The molecule has 6 heteroatoms. The van der Waals surface area contributed by atoms with Crippen molar-refractivity contribution in [2.75, 3.05) is 38.0 Å². The summed E-state index contributed by atoms with van der Waals surface area (Å²) in [5.41, 5.74) is 4.83. The first-order chi connectivity index (χ1) is 16.3. The number of rotatable bonds is 7. The van der Waals surface area contributed by atoms with Crippen LogP contribution in [0.2, 0.25) is 0 Å². The molecule has 1 fully saturated rings. The minimum Gasteiger partial charge on any atom is -0.335 e. The van der Waals surface area contributed by atoms with Crippen LogP contribution in [0.3, 0.4) is 0 Å². The number of nitrogens with one attached hydrogen (secondary N) is 1. The second-order valence-corrected chi connectivity index (χ2v) is 9.75. The van der Waals surface area contributed by atoms with E-state index in [1.807, 2.05) is 43.0 Å². The van der Waals surface area contributed by atoms with Crippen LogP contribution in [0.25, 0.3) is 10.9 Å². The Bertz CT molecular complexity index is 1170. The number of likely N-dealkylation sites (N-methyl/N-ethyl adjacent to an activating group) is 1. The van der Waals surface area contributed by atoms with E-state index in [0.717, 1.165) is 54.9 Å². The standard InChI is InChI=1S/C28H36N4O2/c1-5-30-11-13-31(14-12-30)28(34)26-18-23-17-24(29-27(33)15-20(2)3)9-10-25(23)32(26)19-22-8-6-7-21(4)16-22/h6-10,16-18,20H,5,11-15,19H2,1-4H3,(H,29,33). The van der Waals surface area contributed by atoms with Crippen LogP contribution in [0.15, 0.2) is 48.5 Å². The Kier molecular flexibility index (Phi) is 7.37. The second kappa shape index (κ2) is 10.4. The summed E-state index contributed by atoms with van der Waals surface area (Å²) in [6, 6.07) is 16.3. The molecule has 0 atom stereocenters. The van der Waals surface area contributed by atoms with Crippen LogP contribution in [0, 0.1) is 12.8 Å². The van der Waals surface area contributed by atoms with Crippen molar-refractivity contribution < 1.29 is 9.59 Å². The zero-order chi connectivity index (χ0) is 24.2. The van der Waals surface area contributed by atoms with Crippen molar-refractivity contribution >= 4 is 28.4 Å². The van der Waals surface area contributed by atoms with E-state index in [-0.39, 0.29) is 11.8 Å². The van der Waals surface area contributed by atoms with Gasteiger partial charge < -0.3 is 19.7 Å². The molecule has 0 aliphatic carbocycles. The van der Waals surface area contributed by atoms with Crippen molar-refractivity contribution in [3.05, 3.63) is 65.4 Å². The molecule has 1 N–H and O–H groups in total. The lowest BCUT2D eigenvalue weighted by Crippen LogP contribution is -2.48. The Morgan fingerprint density at radius 3 is 2.44 bits per heavy atom. The first kappa shape index (κ1) is 24.0. The first-order valence-corrected chi connectivity index (χ1v) is 12.3. The van der Waals surface area contributed by atoms with Gasteiger partial charge in [0.2, 0.25) is 5.91 Å². The number of carbonyl (C=O) groups excluding carboxylic acids is 2. The lowest BCUT2D eigenvalue weighted by atomic mass is 10.1. The number of hydrogen-bond acceptors (Lipinski definition) is 3. The summed E-state index contributed by atoms with van der Waals surface area (Å²) < 4.78 is 2.12. The van der Waals surface area contributed by atoms with E-state index in [4.69, 9.17) is 0 Å². The predicted molar refractivity (Wildman–Crippen MR) is 138 cm³/mol. The number of hydrogen-bond donors (Lipinski definition) is 1. The maximum Gasteiger partial charge on any atom is 0.270 e. The fraction of sp³-hybridized carbons (Fsp3) is 0.429. The van der Waals surface area contributed by atoms with E-state index >= 15 is 0 Å². The highest BCUT2D eigenvalue weighted by Crippen LogP contribution is 2.26. The van der Waals surface area contributed by atoms with Crippen LogP contribution < -0.4 is 5.32 Å². The average Bonchev–Trinajstić information content (AvgIpc) is 3.15. The molecule has 2 heterocycles.